The topological polar surface area (TPSA) is 15.3 Å². The van der Waals surface area contributed by atoms with E-state index in [1.165, 1.54) is 5.56 Å². The number of nitrogens with one attached hydrogen (secondary N) is 1. The lowest BCUT2D eigenvalue weighted by Crippen LogP contribution is -2.27. The Hall–Kier alpha value is -1.09. The zero-order valence-corrected chi connectivity index (χ0v) is 8.89. The van der Waals surface area contributed by atoms with Gasteiger partial charge < -0.3 is 10.2 Å². The Morgan fingerprint density at radius 3 is 3.20 bits per heavy atom. The highest BCUT2D eigenvalue weighted by molar-refractivity contribution is 5.66. The summed E-state index contributed by atoms with van der Waals surface area (Å²) in [4.78, 5) is 2.32. The first-order valence-electron chi connectivity index (χ1n) is 5.54. The van der Waals surface area contributed by atoms with Crippen LogP contribution in [0.1, 0.15) is 24.0 Å². The van der Waals surface area contributed by atoms with Gasteiger partial charge >= 0.3 is 0 Å². The van der Waals surface area contributed by atoms with Crippen molar-refractivity contribution in [3.63, 3.8) is 0 Å². The molecular weight excluding hydrogens is 191 g/mol. The van der Waals surface area contributed by atoms with Crippen LogP contribution in [0.5, 0.6) is 0 Å². The van der Waals surface area contributed by atoms with Gasteiger partial charge in [-0.15, -0.1) is 0 Å². The fourth-order valence-electron chi connectivity index (χ4n) is 2.77. The van der Waals surface area contributed by atoms with Crippen LogP contribution in [0.2, 0.25) is 0 Å². The van der Waals surface area contributed by atoms with E-state index >= 15 is 0 Å². The zero-order valence-electron chi connectivity index (χ0n) is 8.89. The van der Waals surface area contributed by atoms with Crippen molar-refractivity contribution in [3.05, 3.63) is 29.1 Å². The third kappa shape index (κ3) is 1.26. The summed E-state index contributed by atoms with van der Waals surface area (Å²) in [5.41, 5.74) is 3.33. The minimum Gasteiger partial charge on any atom is -0.369 e. The predicted molar refractivity (Wildman–Crippen MR) is 58.7 cm³/mol. The Morgan fingerprint density at radius 1 is 1.47 bits per heavy atom. The van der Waals surface area contributed by atoms with Crippen LogP contribution in [-0.2, 0) is 6.54 Å². The molecule has 1 atom stereocenters. The summed E-state index contributed by atoms with van der Waals surface area (Å²) < 4.78 is 13.7. The van der Waals surface area contributed by atoms with Gasteiger partial charge in [0.05, 0.1) is 0 Å². The van der Waals surface area contributed by atoms with Crippen molar-refractivity contribution < 1.29 is 4.39 Å². The van der Waals surface area contributed by atoms with Crippen LogP contribution in [0.3, 0.4) is 0 Å². The van der Waals surface area contributed by atoms with Crippen LogP contribution in [0, 0.1) is 5.82 Å². The molecule has 0 aromatic heterocycles. The molecule has 2 aliphatic heterocycles. The Labute approximate surface area is 89.1 Å². The third-order valence-corrected chi connectivity index (χ3v) is 3.42. The maximum Gasteiger partial charge on any atom is 0.128 e. The van der Waals surface area contributed by atoms with Gasteiger partial charge in [-0.2, -0.15) is 0 Å². The van der Waals surface area contributed by atoms with Gasteiger partial charge in [0.25, 0.3) is 0 Å². The van der Waals surface area contributed by atoms with Gasteiger partial charge in [0, 0.05) is 43.3 Å². The van der Waals surface area contributed by atoms with Crippen LogP contribution in [0.25, 0.3) is 0 Å². The second-order valence-electron chi connectivity index (χ2n) is 4.49. The number of halogens is 1. The largest absolute Gasteiger partial charge is 0.369 e. The average Bonchev–Trinajstić information content (AvgIpc) is 2.43. The molecule has 2 heterocycles. The molecule has 1 aromatic carbocycles. The Balaban J connectivity index is 2.22. The molecule has 0 fully saturated rings. The predicted octanol–water partition coefficient (Wildman–Crippen LogP) is 1.85. The summed E-state index contributed by atoms with van der Waals surface area (Å²) in [6.07, 6.45) is 0. The van der Waals surface area contributed by atoms with Gasteiger partial charge in [-0.1, -0.05) is 13.0 Å². The molecule has 1 unspecified atom stereocenters. The smallest absolute Gasteiger partial charge is 0.128 e. The lowest BCUT2D eigenvalue weighted by molar-refractivity contribution is 0.597. The van der Waals surface area contributed by atoms with E-state index in [4.69, 9.17) is 0 Å². The van der Waals surface area contributed by atoms with Crippen LogP contribution in [0.15, 0.2) is 12.1 Å². The van der Waals surface area contributed by atoms with E-state index in [1.54, 1.807) is 6.07 Å². The van der Waals surface area contributed by atoms with E-state index in [-0.39, 0.29) is 5.82 Å². The lowest BCUT2D eigenvalue weighted by Gasteiger charge is -2.18. The second-order valence-corrected chi connectivity index (χ2v) is 4.49. The van der Waals surface area contributed by atoms with Crippen LogP contribution < -0.4 is 10.2 Å². The fourth-order valence-corrected chi connectivity index (χ4v) is 2.77. The second kappa shape index (κ2) is 3.20. The van der Waals surface area contributed by atoms with Crippen LogP contribution >= 0.6 is 0 Å². The van der Waals surface area contributed by atoms with Gasteiger partial charge in [-0.3, -0.25) is 0 Å². The van der Waals surface area contributed by atoms with Crippen molar-refractivity contribution in [1.29, 1.82) is 0 Å². The Morgan fingerprint density at radius 2 is 2.33 bits per heavy atom. The summed E-state index contributed by atoms with van der Waals surface area (Å²) >= 11 is 0. The highest BCUT2D eigenvalue weighted by Gasteiger charge is 2.31. The number of hydrogen-bond acceptors (Lipinski definition) is 2. The summed E-state index contributed by atoms with van der Waals surface area (Å²) in [5, 5.41) is 3.37. The van der Waals surface area contributed by atoms with E-state index in [1.807, 2.05) is 6.07 Å². The first-order chi connectivity index (χ1) is 7.27. The zero-order chi connectivity index (χ0) is 10.4. The molecule has 0 radical (unpaired) electrons. The number of anilines is 1. The molecule has 2 nitrogen and oxygen atoms in total. The highest BCUT2D eigenvalue weighted by atomic mass is 19.1. The van der Waals surface area contributed by atoms with Crippen molar-refractivity contribution in [2.75, 3.05) is 24.5 Å². The van der Waals surface area contributed by atoms with Gasteiger partial charge in [-0.25, -0.2) is 4.39 Å². The van der Waals surface area contributed by atoms with E-state index < -0.39 is 0 Å². The van der Waals surface area contributed by atoms with Crippen LogP contribution in [0.4, 0.5) is 10.1 Å². The van der Waals surface area contributed by atoms with Crippen molar-refractivity contribution in [3.8, 4) is 0 Å². The summed E-state index contributed by atoms with van der Waals surface area (Å²) in [5.74, 6) is 0.295. The molecule has 1 N–H and O–H groups in total. The van der Waals surface area contributed by atoms with Crippen molar-refractivity contribution >= 4 is 5.69 Å². The first kappa shape index (κ1) is 9.16. The van der Waals surface area contributed by atoms with E-state index in [0.717, 1.165) is 37.4 Å². The normalized spacial score (nSPS) is 23.9. The van der Waals surface area contributed by atoms with Gasteiger partial charge in [-0.05, 0) is 11.6 Å². The number of hydrogen-bond donors (Lipinski definition) is 1. The number of rotatable bonds is 0. The summed E-state index contributed by atoms with van der Waals surface area (Å²) in [7, 11) is 0. The van der Waals surface area contributed by atoms with E-state index in [9.17, 15) is 4.39 Å². The highest BCUT2D eigenvalue weighted by Crippen LogP contribution is 2.40. The number of benzene rings is 1. The van der Waals surface area contributed by atoms with E-state index in [0.29, 0.717) is 5.92 Å². The quantitative estimate of drug-likeness (QED) is 0.697. The minimum atomic E-state index is -0.0364. The molecule has 0 aliphatic carbocycles. The molecule has 0 saturated heterocycles. The standard InChI is InChI=1S/C12H15FN2/c1-8-7-15-5-4-14-6-9-2-3-10(13)11(8)12(9)15/h2-3,8,14H,4-7H2,1H3. The van der Waals surface area contributed by atoms with Crippen molar-refractivity contribution in [1.82, 2.24) is 5.32 Å². The van der Waals surface area contributed by atoms with Crippen molar-refractivity contribution in [2.24, 2.45) is 0 Å². The molecule has 15 heavy (non-hydrogen) atoms. The minimum absolute atomic E-state index is 0.0364. The molecule has 2 aliphatic rings. The van der Waals surface area contributed by atoms with E-state index in [2.05, 4.69) is 17.1 Å². The average molecular weight is 206 g/mol. The Kier molecular flexibility index (Phi) is 1.96. The summed E-state index contributed by atoms with van der Waals surface area (Å²) in [6, 6.07) is 3.53. The van der Waals surface area contributed by atoms with Crippen LogP contribution in [-0.4, -0.2) is 19.6 Å². The number of nitrogens with zero attached hydrogens (tertiary/aromatic N) is 1. The molecule has 0 saturated carbocycles. The lowest BCUT2D eigenvalue weighted by atomic mass is 10.00. The Bertz CT molecular complexity index is 403. The molecule has 1 aromatic rings. The maximum absolute atomic E-state index is 13.7. The molecule has 0 spiro atoms. The van der Waals surface area contributed by atoms with Crippen molar-refractivity contribution in [2.45, 2.75) is 19.4 Å². The molecule has 80 valence electrons. The summed E-state index contributed by atoms with van der Waals surface area (Å²) in [6.45, 7) is 5.92. The molecule has 3 heteroatoms. The monoisotopic (exact) mass is 206 g/mol. The third-order valence-electron chi connectivity index (χ3n) is 3.42. The molecular formula is C12H15FN2. The SMILES string of the molecule is CC1CN2CCNCc3ccc(F)c1c32. The molecule has 0 amide bonds. The molecule has 0 bridgehead atoms. The van der Waals surface area contributed by atoms with Gasteiger partial charge in [0.2, 0.25) is 0 Å². The first-order valence-corrected chi connectivity index (χ1v) is 5.54. The molecule has 3 rings (SSSR count). The van der Waals surface area contributed by atoms with Gasteiger partial charge in [0.1, 0.15) is 5.82 Å². The maximum atomic E-state index is 13.7. The van der Waals surface area contributed by atoms with Gasteiger partial charge in [0.15, 0.2) is 0 Å². The fraction of sp³-hybridized carbons (Fsp3) is 0.500.